The average molecular weight is 663 g/mol. The summed E-state index contributed by atoms with van der Waals surface area (Å²) >= 11 is 5.88. The van der Waals surface area contributed by atoms with E-state index in [-0.39, 0.29) is 29.3 Å². The van der Waals surface area contributed by atoms with E-state index >= 15 is 4.39 Å². The maximum atomic E-state index is 15.1. The van der Waals surface area contributed by atoms with Crippen molar-refractivity contribution in [2.45, 2.75) is 65.0 Å². The first-order valence-electron chi connectivity index (χ1n) is 15.6. The first-order chi connectivity index (χ1) is 22.5. The van der Waals surface area contributed by atoms with Gasteiger partial charge in [0.2, 0.25) is 5.91 Å². The molecule has 0 aliphatic carbocycles. The van der Waals surface area contributed by atoms with Gasteiger partial charge in [0.15, 0.2) is 0 Å². The van der Waals surface area contributed by atoms with Crippen molar-refractivity contribution in [3.8, 4) is 0 Å². The number of aromatic nitrogens is 1. The van der Waals surface area contributed by atoms with Crippen LogP contribution in [-0.2, 0) is 16.0 Å². The molecule has 1 fully saturated rings. The largest absolute Gasteiger partial charge is 0.375 e. The van der Waals surface area contributed by atoms with Crippen molar-refractivity contribution < 1.29 is 22.7 Å². The van der Waals surface area contributed by atoms with Crippen LogP contribution in [-0.4, -0.2) is 41.9 Å². The van der Waals surface area contributed by atoms with Crippen LogP contribution in [0, 0.1) is 38.2 Å². The van der Waals surface area contributed by atoms with Crippen LogP contribution >= 0.6 is 11.6 Å². The molecular weight excluding hydrogens is 625 g/mol. The third-order valence-electron chi connectivity index (χ3n) is 8.69. The summed E-state index contributed by atoms with van der Waals surface area (Å²) < 4.78 is 49.7. The van der Waals surface area contributed by atoms with Crippen molar-refractivity contribution in [2.75, 3.05) is 18.5 Å². The van der Waals surface area contributed by atoms with Gasteiger partial charge in [-0.15, -0.1) is 0 Å². The fourth-order valence-electron chi connectivity index (χ4n) is 5.81. The molecule has 6 nitrogen and oxygen atoms in total. The highest BCUT2D eigenvalue weighted by molar-refractivity contribution is 6.30. The number of nitrogens with one attached hydrogen (secondary N) is 2. The van der Waals surface area contributed by atoms with Gasteiger partial charge in [0, 0.05) is 30.2 Å². The van der Waals surface area contributed by atoms with E-state index in [9.17, 15) is 13.6 Å². The predicted octanol–water partition coefficient (Wildman–Crippen LogP) is 8.32. The monoisotopic (exact) mass is 662 g/mol. The lowest BCUT2D eigenvalue weighted by Gasteiger charge is -2.30. The van der Waals surface area contributed by atoms with Gasteiger partial charge in [-0.1, -0.05) is 35.9 Å². The van der Waals surface area contributed by atoms with E-state index < -0.39 is 29.3 Å². The maximum absolute atomic E-state index is 15.1. The van der Waals surface area contributed by atoms with Gasteiger partial charge in [0.25, 0.3) is 0 Å². The molecule has 2 N–H and O–H groups in total. The second-order valence-electron chi connectivity index (χ2n) is 12.1. The number of amides is 1. The zero-order chi connectivity index (χ0) is 33.7. The summed E-state index contributed by atoms with van der Waals surface area (Å²) in [6.07, 6.45) is 3.00. The molecule has 5 rings (SSSR count). The lowest BCUT2D eigenvalue weighted by Crippen LogP contribution is -2.49. The molecule has 2 heterocycles. The van der Waals surface area contributed by atoms with E-state index in [0.29, 0.717) is 42.7 Å². The Labute approximate surface area is 278 Å². The van der Waals surface area contributed by atoms with E-state index in [0.717, 1.165) is 23.2 Å². The summed E-state index contributed by atoms with van der Waals surface area (Å²) in [6.45, 7) is 9.19. The second-order valence-corrected chi connectivity index (χ2v) is 12.5. The number of ether oxygens (including phenoxy) is 1. The third-order valence-corrected chi connectivity index (χ3v) is 8.99. The number of carbonyl (C=O) groups excluding carboxylic acids is 1. The highest BCUT2D eigenvalue weighted by Gasteiger charge is 2.25. The molecule has 47 heavy (non-hydrogen) atoms. The fraction of sp³-hybridized carbons (Fsp3) is 0.324. The highest BCUT2D eigenvalue weighted by Crippen LogP contribution is 2.32. The molecule has 1 amide bonds. The number of morpholine rings is 1. The molecular formula is C37H38ClF3N4O2. The molecule has 0 unspecified atom stereocenters. The molecule has 4 aromatic rings. The number of hydrogen-bond acceptors (Lipinski definition) is 5. The standard InChI is InChI=1S/C37H38ClF3N4O2/c1-21-12-23(3)34(13-22(21)2)44-24(4)36-20-47-28(17-43-36)9-10-29-33(41)18-42-19-35(29)45-37(46)16-30(25-6-5-7-27(39)14-25)26-8-11-31(38)32(40)15-26/h5-8,11-15,18-19,28,30,36,43H,9-10,16-17,20H2,1-4H3,(H,45,46)/t28-,30-,36+/m1/s1. The number of halogens is 4. The first-order valence-corrected chi connectivity index (χ1v) is 16.0. The number of anilines is 1. The zero-order valence-corrected chi connectivity index (χ0v) is 27.6. The van der Waals surface area contributed by atoms with Crippen molar-refractivity contribution in [3.05, 3.63) is 123 Å². The molecule has 1 aliphatic rings. The molecule has 0 bridgehead atoms. The Morgan fingerprint density at radius 1 is 1.02 bits per heavy atom. The number of pyridine rings is 1. The van der Waals surface area contributed by atoms with Crippen molar-refractivity contribution in [3.63, 3.8) is 0 Å². The third kappa shape index (κ3) is 8.66. The normalized spacial score (nSPS) is 17.4. The van der Waals surface area contributed by atoms with Crippen molar-refractivity contribution in [1.29, 1.82) is 0 Å². The van der Waals surface area contributed by atoms with Crippen LogP contribution in [0.1, 0.15) is 59.1 Å². The SMILES string of the molecule is CC(=Nc1cc(C)c(C)cc1C)[C@@H]1CO[C@H](CCc2c(F)cncc2NC(=O)C[C@H](c2cccc(F)c2)c2ccc(Cl)c(F)c2)CN1. The number of aryl methyl sites for hydroxylation is 3. The second kappa shape index (κ2) is 15.2. The van der Waals surface area contributed by atoms with Crippen LogP contribution in [0.15, 0.2) is 72.0 Å². The minimum absolute atomic E-state index is 0.0417. The van der Waals surface area contributed by atoms with Crippen molar-refractivity contribution in [2.24, 2.45) is 4.99 Å². The topological polar surface area (TPSA) is 75.6 Å². The Balaban J connectivity index is 1.23. The van der Waals surface area contributed by atoms with E-state index in [2.05, 4.69) is 48.5 Å². The highest BCUT2D eigenvalue weighted by atomic mass is 35.5. The Morgan fingerprint density at radius 3 is 2.51 bits per heavy atom. The summed E-state index contributed by atoms with van der Waals surface area (Å²) in [5.41, 5.74) is 6.91. The van der Waals surface area contributed by atoms with Gasteiger partial charge in [-0.05, 0) is 98.7 Å². The number of aliphatic imine (C=N–C) groups is 1. The van der Waals surface area contributed by atoms with E-state index in [1.807, 2.05) is 6.92 Å². The van der Waals surface area contributed by atoms with E-state index in [4.69, 9.17) is 21.3 Å². The van der Waals surface area contributed by atoms with E-state index in [1.165, 1.54) is 47.7 Å². The Bertz CT molecular complexity index is 1790. The molecule has 3 atom stereocenters. The summed E-state index contributed by atoms with van der Waals surface area (Å²) in [4.78, 5) is 22.1. The van der Waals surface area contributed by atoms with Gasteiger partial charge in [0.05, 0.1) is 47.5 Å². The number of hydrogen-bond donors (Lipinski definition) is 2. The van der Waals surface area contributed by atoms with Gasteiger partial charge < -0.3 is 15.4 Å². The van der Waals surface area contributed by atoms with Crippen molar-refractivity contribution in [1.82, 2.24) is 10.3 Å². The van der Waals surface area contributed by atoms with Crippen LogP contribution in [0.4, 0.5) is 24.5 Å². The lowest BCUT2D eigenvalue weighted by atomic mass is 9.88. The molecule has 0 spiro atoms. The number of carbonyl (C=O) groups is 1. The summed E-state index contributed by atoms with van der Waals surface area (Å²) in [5.74, 6) is -2.81. The number of nitrogens with zero attached hydrogens (tertiary/aromatic N) is 2. The summed E-state index contributed by atoms with van der Waals surface area (Å²) in [7, 11) is 0. The lowest BCUT2D eigenvalue weighted by molar-refractivity contribution is -0.116. The summed E-state index contributed by atoms with van der Waals surface area (Å²) in [6, 6.07) is 14.2. The molecule has 246 valence electrons. The van der Waals surface area contributed by atoms with Gasteiger partial charge in [0.1, 0.15) is 17.5 Å². The van der Waals surface area contributed by atoms with Crippen LogP contribution in [0.2, 0.25) is 5.02 Å². The zero-order valence-electron chi connectivity index (χ0n) is 26.8. The molecule has 1 aliphatic heterocycles. The Morgan fingerprint density at radius 2 is 1.79 bits per heavy atom. The van der Waals surface area contributed by atoms with Crippen LogP contribution in [0.3, 0.4) is 0 Å². The summed E-state index contributed by atoms with van der Waals surface area (Å²) in [5, 5.41) is 6.22. The van der Waals surface area contributed by atoms with Crippen LogP contribution in [0.25, 0.3) is 0 Å². The quantitative estimate of drug-likeness (QED) is 0.168. The molecule has 3 aromatic carbocycles. The molecule has 1 aromatic heterocycles. The first kappa shape index (κ1) is 34.3. The van der Waals surface area contributed by atoms with Crippen molar-refractivity contribution >= 4 is 34.6 Å². The smallest absolute Gasteiger partial charge is 0.225 e. The fourth-order valence-corrected chi connectivity index (χ4v) is 5.92. The molecule has 10 heteroatoms. The minimum atomic E-state index is -0.678. The molecule has 0 saturated carbocycles. The number of benzene rings is 3. The van der Waals surface area contributed by atoms with Gasteiger partial charge in [-0.2, -0.15) is 0 Å². The molecule has 0 radical (unpaired) electrons. The van der Waals surface area contributed by atoms with Gasteiger partial charge >= 0.3 is 0 Å². The average Bonchev–Trinajstić information content (AvgIpc) is 3.04. The minimum Gasteiger partial charge on any atom is -0.375 e. The Kier molecular flexibility index (Phi) is 11.1. The predicted molar refractivity (Wildman–Crippen MR) is 180 cm³/mol. The van der Waals surface area contributed by atoms with Gasteiger partial charge in [-0.3, -0.25) is 14.8 Å². The van der Waals surface area contributed by atoms with Gasteiger partial charge in [-0.25, -0.2) is 13.2 Å². The maximum Gasteiger partial charge on any atom is 0.225 e. The van der Waals surface area contributed by atoms with E-state index in [1.54, 1.807) is 12.1 Å². The van der Waals surface area contributed by atoms with Crippen LogP contribution < -0.4 is 10.6 Å². The van der Waals surface area contributed by atoms with Crippen LogP contribution in [0.5, 0.6) is 0 Å². The number of rotatable bonds is 10. The molecule has 1 saturated heterocycles. The Hall–Kier alpha value is -4.05.